The Morgan fingerprint density at radius 3 is 2.67 bits per heavy atom. The highest BCUT2D eigenvalue weighted by Crippen LogP contribution is 2.35. The van der Waals surface area contributed by atoms with Crippen molar-refractivity contribution in [2.45, 2.75) is 39.2 Å². The van der Waals surface area contributed by atoms with Crippen LogP contribution in [0.3, 0.4) is 0 Å². The second-order valence-electron chi connectivity index (χ2n) is 4.78. The largest absolute Gasteiger partial charge is 0.308 e. The molecule has 1 aliphatic heterocycles. The van der Waals surface area contributed by atoms with Gasteiger partial charge in [-0.25, -0.2) is 0 Å². The molecule has 1 N–H and O–H groups in total. The molecule has 1 aliphatic rings. The molecule has 1 aromatic carbocycles. The van der Waals surface area contributed by atoms with Crippen molar-refractivity contribution in [1.82, 2.24) is 5.32 Å². The van der Waals surface area contributed by atoms with Gasteiger partial charge < -0.3 is 5.32 Å². The lowest BCUT2D eigenvalue weighted by Crippen LogP contribution is -2.34. The molecule has 0 spiro atoms. The van der Waals surface area contributed by atoms with Gasteiger partial charge in [-0.3, -0.25) is 0 Å². The molecule has 1 saturated heterocycles. The smallest absolute Gasteiger partial charge is 0.0441 e. The monoisotopic (exact) mass is 223 g/mol. The summed E-state index contributed by atoms with van der Waals surface area (Å²) < 4.78 is 0. The number of benzene rings is 1. The summed E-state index contributed by atoms with van der Waals surface area (Å²) in [5.41, 5.74) is 3.96. The van der Waals surface area contributed by atoms with Crippen LogP contribution in [0.15, 0.2) is 12.1 Å². The first-order valence-corrected chi connectivity index (χ1v) is 5.93. The minimum Gasteiger partial charge on any atom is -0.308 e. The molecule has 1 unspecified atom stereocenters. The van der Waals surface area contributed by atoms with Gasteiger partial charge in [-0.1, -0.05) is 17.7 Å². The number of hydrogen-bond acceptors (Lipinski definition) is 1. The maximum absolute atomic E-state index is 6.23. The molecule has 1 aromatic rings. The van der Waals surface area contributed by atoms with Crippen molar-refractivity contribution in [2.24, 2.45) is 0 Å². The van der Waals surface area contributed by atoms with E-state index in [1.165, 1.54) is 29.5 Å². The first-order valence-electron chi connectivity index (χ1n) is 5.55. The zero-order chi connectivity index (χ0) is 11.1. The molecule has 1 atom stereocenters. The van der Waals surface area contributed by atoms with Crippen molar-refractivity contribution in [3.05, 3.63) is 33.8 Å². The van der Waals surface area contributed by atoms with Gasteiger partial charge in [0.25, 0.3) is 0 Å². The van der Waals surface area contributed by atoms with Crippen LogP contribution < -0.4 is 5.32 Å². The van der Waals surface area contributed by atoms with Gasteiger partial charge >= 0.3 is 0 Å². The van der Waals surface area contributed by atoms with Crippen LogP contribution in [0.2, 0.25) is 5.02 Å². The van der Waals surface area contributed by atoms with E-state index in [-0.39, 0.29) is 5.54 Å². The van der Waals surface area contributed by atoms with E-state index in [0.717, 1.165) is 11.6 Å². The highest BCUT2D eigenvalue weighted by atomic mass is 35.5. The summed E-state index contributed by atoms with van der Waals surface area (Å²) in [7, 11) is 0. The predicted molar refractivity (Wildman–Crippen MR) is 65.5 cm³/mol. The summed E-state index contributed by atoms with van der Waals surface area (Å²) in [5, 5.41) is 4.47. The van der Waals surface area contributed by atoms with Gasteiger partial charge in [0.15, 0.2) is 0 Å². The Kier molecular flexibility index (Phi) is 2.78. The molecule has 0 radical (unpaired) electrons. The summed E-state index contributed by atoms with van der Waals surface area (Å²) in [4.78, 5) is 0. The van der Waals surface area contributed by atoms with E-state index in [1.807, 2.05) is 6.07 Å². The summed E-state index contributed by atoms with van der Waals surface area (Å²) in [5.74, 6) is 0. The highest BCUT2D eigenvalue weighted by molar-refractivity contribution is 6.31. The lowest BCUT2D eigenvalue weighted by Gasteiger charge is -2.28. The molecule has 0 bridgehead atoms. The van der Waals surface area contributed by atoms with Crippen LogP contribution in [0.25, 0.3) is 0 Å². The molecule has 0 aromatic heterocycles. The molecule has 1 fully saturated rings. The fourth-order valence-corrected chi connectivity index (χ4v) is 2.79. The molecule has 1 heterocycles. The Morgan fingerprint density at radius 1 is 1.33 bits per heavy atom. The standard InChI is InChI=1S/C13H18ClN/c1-9-7-11(10(2)12(14)8-9)13(3)5-4-6-15-13/h7-8,15H,4-6H2,1-3H3. The molecule has 0 aliphatic carbocycles. The Morgan fingerprint density at radius 2 is 2.07 bits per heavy atom. The Labute approximate surface area is 96.8 Å². The summed E-state index contributed by atoms with van der Waals surface area (Å²) in [6, 6.07) is 4.30. The van der Waals surface area contributed by atoms with Crippen molar-refractivity contribution < 1.29 is 0 Å². The van der Waals surface area contributed by atoms with Gasteiger partial charge in [0.1, 0.15) is 0 Å². The molecule has 0 saturated carbocycles. The fourth-order valence-electron chi connectivity index (χ4n) is 2.51. The van der Waals surface area contributed by atoms with Crippen LogP contribution in [-0.2, 0) is 5.54 Å². The molecule has 1 nitrogen and oxygen atoms in total. The molecule has 82 valence electrons. The van der Waals surface area contributed by atoms with Crippen LogP contribution in [0.4, 0.5) is 0 Å². The molecular formula is C13H18ClN. The van der Waals surface area contributed by atoms with Crippen LogP contribution >= 0.6 is 11.6 Å². The van der Waals surface area contributed by atoms with Crippen LogP contribution in [0.1, 0.15) is 36.5 Å². The van der Waals surface area contributed by atoms with Crippen LogP contribution in [0.5, 0.6) is 0 Å². The van der Waals surface area contributed by atoms with Crippen molar-refractivity contribution in [2.75, 3.05) is 6.54 Å². The van der Waals surface area contributed by atoms with E-state index in [9.17, 15) is 0 Å². The van der Waals surface area contributed by atoms with Crippen LogP contribution in [0, 0.1) is 13.8 Å². The summed E-state index contributed by atoms with van der Waals surface area (Å²) in [6.07, 6.45) is 2.45. The summed E-state index contributed by atoms with van der Waals surface area (Å²) in [6.45, 7) is 7.61. The zero-order valence-corrected chi connectivity index (χ0v) is 10.4. The van der Waals surface area contributed by atoms with Gasteiger partial charge in [0.05, 0.1) is 0 Å². The quantitative estimate of drug-likeness (QED) is 0.768. The van der Waals surface area contributed by atoms with Gasteiger partial charge in [-0.05, 0) is 62.9 Å². The van der Waals surface area contributed by atoms with Crippen molar-refractivity contribution in [1.29, 1.82) is 0 Å². The number of aryl methyl sites for hydroxylation is 1. The number of halogens is 1. The maximum atomic E-state index is 6.23. The average molecular weight is 224 g/mol. The van der Waals surface area contributed by atoms with E-state index >= 15 is 0 Å². The Hall–Kier alpha value is -0.530. The number of rotatable bonds is 1. The van der Waals surface area contributed by atoms with Crippen molar-refractivity contribution in [3.8, 4) is 0 Å². The lowest BCUT2D eigenvalue weighted by molar-refractivity contribution is 0.432. The maximum Gasteiger partial charge on any atom is 0.0441 e. The number of hydrogen-bond donors (Lipinski definition) is 1. The van der Waals surface area contributed by atoms with Gasteiger partial charge in [0, 0.05) is 10.6 Å². The SMILES string of the molecule is Cc1cc(Cl)c(C)c(C2(C)CCCN2)c1. The molecule has 2 rings (SSSR count). The molecular weight excluding hydrogens is 206 g/mol. The minimum atomic E-state index is 0.125. The third kappa shape index (κ3) is 1.91. The molecule has 0 amide bonds. The highest BCUT2D eigenvalue weighted by Gasteiger charge is 2.31. The average Bonchev–Trinajstić information content (AvgIpc) is 2.59. The molecule has 15 heavy (non-hydrogen) atoms. The first-order chi connectivity index (χ1) is 7.03. The van der Waals surface area contributed by atoms with Crippen LogP contribution in [-0.4, -0.2) is 6.54 Å². The topological polar surface area (TPSA) is 12.0 Å². The lowest BCUT2D eigenvalue weighted by atomic mass is 9.86. The predicted octanol–water partition coefficient (Wildman–Crippen LogP) is 3.56. The van der Waals surface area contributed by atoms with Crippen molar-refractivity contribution in [3.63, 3.8) is 0 Å². The Bertz CT molecular complexity index is 378. The zero-order valence-electron chi connectivity index (χ0n) is 9.65. The van der Waals surface area contributed by atoms with E-state index in [1.54, 1.807) is 0 Å². The minimum absolute atomic E-state index is 0.125. The normalized spacial score (nSPS) is 25.9. The number of nitrogens with one attached hydrogen (secondary N) is 1. The first kappa shape index (κ1) is 11.0. The third-order valence-corrected chi connectivity index (χ3v) is 3.84. The van der Waals surface area contributed by atoms with E-state index < -0.39 is 0 Å². The van der Waals surface area contributed by atoms with Gasteiger partial charge in [-0.15, -0.1) is 0 Å². The summed E-state index contributed by atoms with van der Waals surface area (Å²) >= 11 is 6.23. The second kappa shape index (κ2) is 3.80. The van der Waals surface area contributed by atoms with Crippen molar-refractivity contribution >= 4 is 11.6 Å². The Balaban J connectivity index is 2.51. The molecule has 2 heteroatoms. The van der Waals surface area contributed by atoms with E-state index in [2.05, 4.69) is 32.2 Å². The fraction of sp³-hybridized carbons (Fsp3) is 0.538. The van der Waals surface area contributed by atoms with Gasteiger partial charge in [-0.2, -0.15) is 0 Å². The second-order valence-corrected chi connectivity index (χ2v) is 5.19. The van der Waals surface area contributed by atoms with Gasteiger partial charge in [0.2, 0.25) is 0 Å². The van der Waals surface area contributed by atoms with E-state index in [0.29, 0.717) is 0 Å². The third-order valence-electron chi connectivity index (χ3n) is 3.45. The van der Waals surface area contributed by atoms with E-state index in [4.69, 9.17) is 11.6 Å².